The second-order valence-electron chi connectivity index (χ2n) is 5.58. The van der Waals surface area contributed by atoms with Gasteiger partial charge in [0.15, 0.2) is 0 Å². The number of nitrogens with zero attached hydrogens (tertiary/aromatic N) is 3. The van der Waals surface area contributed by atoms with E-state index >= 15 is 0 Å². The van der Waals surface area contributed by atoms with Gasteiger partial charge in [-0.05, 0) is 41.9 Å². The lowest BCUT2D eigenvalue weighted by Gasteiger charge is -2.18. The molecule has 25 heavy (non-hydrogen) atoms. The molecule has 1 aromatic carbocycles. The molecule has 0 aliphatic carbocycles. The minimum Gasteiger partial charge on any atom is -0.265 e. The van der Waals surface area contributed by atoms with E-state index in [-0.39, 0.29) is 11.0 Å². The average molecular weight is 434 g/mol. The summed E-state index contributed by atoms with van der Waals surface area (Å²) in [6.07, 6.45) is 1.68. The lowest BCUT2D eigenvalue weighted by molar-refractivity contribution is 0.456. The van der Waals surface area contributed by atoms with Gasteiger partial charge in [-0.1, -0.05) is 6.08 Å². The van der Waals surface area contributed by atoms with Gasteiger partial charge in [0.25, 0.3) is 0 Å². The summed E-state index contributed by atoms with van der Waals surface area (Å²) in [5.41, 5.74) is 2.18. The van der Waals surface area contributed by atoms with E-state index in [1.54, 1.807) is 17.7 Å². The number of allylic oxidation sites excluding steroid dienone is 1. The number of hydrogen-bond donors (Lipinski definition) is 0. The summed E-state index contributed by atoms with van der Waals surface area (Å²) < 4.78 is 55.6. The Morgan fingerprint density at radius 1 is 1.32 bits per heavy atom. The fourth-order valence-electron chi connectivity index (χ4n) is 2.44. The molecule has 1 aromatic heterocycles. The Balaban J connectivity index is 2.39. The molecule has 0 aliphatic heterocycles. The summed E-state index contributed by atoms with van der Waals surface area (Å²) in [6.45, 7) is 7.73. The largest absolute Gasteiger partial charge is 0.265 e. The topological polar surface area (TPSA) is 55.2 Å². The quantitative estimate of drug-likeness (QED) is 0.516. The smallest absolute Gasteiger partial charge is 0.246 e. The van der Waals surface area contributed by atoms with E-state index in [9.17, 15) is 17.2 Å². The van der Waals surface area contributed by atoms with E-state index < -0.39 is 26.6 Å². The normalized spacial score (nSPS) is 12.0. The number of benzene rings is 1. The molecule has 0 radical (unpaired) electrons. The van der Waals surface area contributed by atoms with Crippen molar-refractivity contribution in [2.24, 2.45) is 0 Å². The molecule has 2 aromatic rings. The summed E-state index contributed by atoms with van der Waals surface area (Å²) in [4.78, 5) is -0.704. The maximum absolute atomic E-state index is 14.1. The molecule has 136 valence electrons. The van der Waals surface area contributed by atoms with Crippen LogP contribution in [0.15, 0.2) is 34.2 Å². The van der Waals surface area contributed by atoms with Gasteiger partial charge in [-0.3, -0.25) is 4.68 Å². The van der Waals surface area contributed by atoms with Crippen LogP contribution in [-0.2, 0) is 23.1 Å². The summed E-state index contributed by atoms with van der Waals surface area (Å²) in [5.74, 6) is -1.87. The fourth-order valence-corrected chi connectivity index (χ4v) is 3.95. The van der Waals surface area contributed by atoms with Crippen LogP contribution in [0.1, 0.15) is 17.0 Å². The second kappa shape index (κ2) is 7.35. The summed E-state index contributed by atoms with van der Waals surface area (Å²) in [6, 6.07) is 1.47. The zero-order valence-electron chi connectivity index (χ0n) is 14.1. The van der Waals surface area contributed by atoms with Crippen molar-refractivity contribution in [3.63, 3.8) is 0 Å². The second-order valence-corrected chi connectivity index (χ2v) is 8.45. The third-order valence-corrected chi connectivity index (χ3v) is 6.30. The van der Waals surface area contributed by atoms with Crippen molar-refractivity contribution in [2.75, 3.05) is 7.05 Å². The highest BCUT2D eigenvalue weighted by atomic mass is 79.9. The Hall–Kier alpha value is -1.58. The number of sulfonamides is 1. The standard InChI is InChI=1S/C16H18BrF2N3O2S/c1-5-6-22-11(3)12(10(2)20-22)9-21(4)25(23,24)16-8-14(18)13(17)7-15(16)19/h5,7-8H,1,6,9H2,2-4H3. The zero-order chi connectivity index (χ0) is 18.9. The van der Waals surface area contributed by atoms with Gasteiger partial charge in [0.05, 0.1) is 16.7 Å². The fraction of sp³-hybridized carbons (Fsp3) is 0.312. The van der Waals surface area contributed by atoms with Crippen molar-refractivity contribution < 1.29 is 17.2 Å². The maximum atomic E-state index is 14.1. The summed E-state index contributed by atoms with van der Waals surface area (Å²) >= 11 is 2.83. The van der Waals surface area contributed by atoms with E-state index in [4.69, 9.17) is 0 Å². The molecule has 0 atom stereocenters. The molecular weight excluding hydrogens is 416 g/mol. The predicted molar refractivity (Wildman–Crippen MR) is 94.6 cm³/mol. The SMILES string of the molecule is C=CCn1nc(C)c(CN(C)S(=O)(=O)c2cc(F)c(Br)cc2F)c1C. The van der Waals surface area contributed by atoms with Crippen molar-refractivity contribution >= 4 is 26.0 Å². The van der Waals surface area contributed by atoms with Gasteiger partial charge >= 0.3 is 0 Å². The molecule has 0 spiro atoms. The number of aryl methyl sites for hydroxylation is 1. The van der Waals surface area contributed by atoms with Crippen LogP contribution in [0.4, 0.5) is 8.78 Å². The van der Waals surface area contributed by atoms with Crippen molar-refractivity contribution in [3.8, 4) is 0 Å². The number of hydrogen-bond acceptors (Lipinski definition) is 3. The Morgan fingerprint density at radius 2 is 1.96 bits per heavy atom. The van der Waals surface area contributed by atoms with E-state index in [2.05, 4.69) is 27.6 Å². The highest BCUT2D eigenvalue weighted by molar-refractivity contribution is 9.10. The van der Waals surface area contributed by atoms with Gasteiger partial charge in [0, 0.05) is 24.8 Å². The maximum Gasteiger partial charge on any atom is 0.246 e. The molecule has 0 saturated heterocycles. The Bertz CT molecular complexity index is 926. The van der Waals surface area contributed by atoms with E-state index in [0.717, 1.165) is 16.1 Å². The lowest BCUT2D eigenvalue weighted by Crippen LogP contribution is -2.28. The molecule has 0 N–H and O–H groups in total. The van der Waals surface area contributed by atoms with Crippen molar-refractivity contribution in [1.29, 1.82) is 0 Å². The Morgan fingerprint density at radius 3 is 2.56 bits per heavy atom. The monoisotopic (exact) mass is 433 g/mol. The van der Waals surface area contributed by atoms with Crippen LogP contribution in [0, 0.1) is 25.5 Å². The van der Waals surface area contributed by atoms with Crippen LogP contribution in [0.2, 0.25) is 0 Å². The highest BCUT2D eigenvalue weighted by Gasteiger charge is 2.27. The molecule has 9 heteroatoms. The van der Waals surface area contributed by atoms with E-state index in [1.807, 2.05) is 6.92 Å². The zero-order valence-corrected chi connectivity index (χ0v) is 16.5. The molecule has 5 nitrogen and oxygen atoms in total. The minimum absolute atomic E-state index is 0.00569. The van der Waals surface area contributed by atoms with Crippen LogP contribution in [0.25, 0.3) is 0 Å². The Labute approximate surface area is 154 Å². The van der Waals surface area contributed by atoms with Crippen LogP contribution in [-0.4, -0.2) is 29.6 Å². The van der Waals surface area contributed by atoms with Crippen LogP contribution < -0.4 is 0 Å². The van der Waals surface area contributed by atoms with Gasteiger partial charge in [-0.15, -0.1) is 6.58 Å². The third-order valence-electron chi connectivity index (χ3n) is 3.88. The van der Waals surface area contributed by atoms with Crippen LogP contribution >= 0.6 is 15.9 Å². The third kappa shape index (κ3) is 3.83. The molecule has 0 aliphatic rings. The number of aromatic nitrogens is 2. The molecule has 0 amide bonds. The van der Waals surface area contributed by atoms with Crippen LogP contribution in [0.5, 0.6) is 0 Å². The molecule has 0 unspecified atom stereocenters. The molecule has 0 bridgehead atoms. The van der Waals surface area contributed by atoms with Crippen molar-refractivity contribution in [2.45, 2.75) is 31.8 Å². The first kappa shape index (κ1) is 19.7. The van der Waals surface area contributed by atoms with Crippen LogP contribution in [0.3, 0.4) is 0 Å². The number of rotatable bonds is 6. The first-order valence-corrected chi connectivity index (χ1v) is 9.57. The molecule has 0 fully saturated rings. The first-order chi connectivity index (χ1) is 11.6. The van der Waals surface area contributed by atoms with E-state index in [0.29, 0.717) is 23.9 Å². The van der Waals surface area contributed by atoms with E-state index in [1.165, 1.54) is 7.05 Å². The molecule has 1 heterocycles. The molecular formula is C16H18BrF2N3O2S. The molecule has 2 rings (SSSR count). The van der Waals surface area contributed by atoms with Crippen molar-refractivity contribution in [1.82, 2.24) is 14.1 Å². The van der Waals surface area contributed by atoms with Gasteiger partial charge < -0.3 is 0 Å². The summed E-state index contributed by atoms with van der Waals surface area (Å²) in [7, 11) is -2.89. The van der Waals surface area contributed by atoms with Gasteiger partial charge in [-0.25, -0.2) is 17.2 Å². The minimum atomic E-state index is -4.20. The number of halogens is 3. The van der Waals surface area contributed by atoms with Gasteiger partial charge in [0.1, 0.15) is 16.5 Å². The van der Waals surface area contributed by atoms with Crippen molar-refractivity contribution in [3.05, 3.63) is 57.8 Å². The Kier molecular flexibility index (Phi) is 5.80. The first-order valence-electron chi connectivity index (χ1n) is 7.34. The van der Waals surface area contributed by atoms with Gasteiger partial charge in [-0.2, -0.15) is 9.40 Å². The van der Waals surface area contributed by atoms with Gasteiger partial charge in [0.2, 0.25) is 10.0 Å². The molecule has 0 saturated carbocycles. The highest BCUT2D eigenvalue weighted by Crippen LogP contribution is 2.26. The lowest BCUT2D eigenvalue weighted by atomic mass is 10.2. The summed E-state index contributed by atoms with van der Waals surface area (Å²) in [5, 5.41) is 4.33. The average Bonchev–Trinajstić information content (AvgIpc) is 2.78. The predicted octanol–water partition coefficient (Wildman–Crippen LogP) is 3.55.